The zero-order valence-corrected chi connectivity index (χ0v) is 8.98. The van der Waals surface area contributed by atoms with Crippen LogP contribution in [0.4, 0.5) is 13.2 Å². The summed E-state index contributed by atoms with van der Waals surface area (Å²) < 4.78 is 57.8. The summed E-state index contributed by atoms with van der Waals surface area (Å²) in [5.74, 6) is -0.279. The molecular formula is C9H10F3NO2S. The van der Waals surface area contributed by atoms with E-state index in [0.29, 0.717) is 5.56 Å². The van der Waals surface area contributed by atoms with Gasteiger partial charge in [-0.1, -0.05) is 12.1 Å². The molecule has 0 spiro atoms. The minimum Gasteiger partial charge on any atom is -0.229 e. The van der Waals surface area contributed by atoms with Crippen molar-refractivity contribution < 1.29 is 21.6 Å². The zero-order chi connectivity index (χ0) is 12.4. The first-order valence-electron chi connectivity index (χ1n) is 4.35. The Kier molecular flexibility index (Phi) is 3.59. The van der Waals surface area contributed by atoms with Gasteiger partial charge in [-0.3, -0.25) is 0 Å². The molecule has 0 radical (unpaired) electrons. The van der Waals surface area contributed by atoms with Gasteiger partial charge >= 0.3 is 6.18 Å². The van der Waals surface area contributed by atoms with Crippen LogP contribution in [0.5, 0.6) is 0 Å². The van der Waals surface area contributed by atoms with Crippen LogP contribution < -0.4 is 5.14 Å². The van der Waals surface area contributed by atoms with Crippen molar-refractivity contribution in [3.05, 3.63) is 35.4 Å². The fourth-order valence-electron chi connectivity index (χ4n) is 1.12. The Morgan fingerprint density at radius 2 is 1.62 bits per heavy atom. The van der Waals surface area contributed by atoms with E-state index in [2.05, 4.69) is 0 Å². The number of alkyl halides is 3. The van der Waals surface area contributed by atoms with Crippen LogP contribution in [0, 0.1) is 0 Å². The molecule has 2 N–H and O–H groups in total. The van der Waals surface area contributed by atoms with Crippen LogP contribution >= 0.6 is 0 Å². The number of benzene rings is 1. The van der Waals surface area contributed by atoms with Gasteiger partial charge in [-0.25, -0.2) is 13.6 Å². The molecule has 0 atom stereocenters. The van der Waals surface area contributed by atoms with Gasteiger partial charge < -0.3 is 0 Å². The van der Waals surface area contributed by atoms with Crippen molar-refractivity contribution in [2.45, 2.75) is 12.6 Å². The first-order chi connectivity index (χ1) is 7.18. The van der Waals surface area contributed by atoms with Gasteiger partial charge in [0.2, 0.25) is 10.0 Å². The summed E-state index contributed by atoms with van der Waals surface area (Å²) in [7, 11) is -3.58. The molecule has 0 aliphatic carbocycles. The first kappa shape index (κ1) is 13.0. The van der Waals surface area contributed by atoms with Gasteiger partial charge in [0.25, 0.3) is 0 Å². The second-order valence-electron chi connectivity index (χ2n) is 3.31. The van der Waals surface area contributed by atoms with Crippen molar-refractivity contribution in [1.82, 2.24) is 0 Å². The van der Waals surface area contributed by atoms with E-state index < -0.39 is 21.8 Å². The molecule has 0 heterocycles. The van der Waals surface area contributed by atoms with Crippen LogP contribution in [0.1, 0.15) is 11.1 Å². The van der Waals surface area contributed by atoms with Gasteiger partial charge in [-0.15, -0.1) is 0 Å². The first-order valence-corrected chi connectivity index (χ1v) is 6.06. The van der Waals surface area contributed by atoms with Gasteiger partial charge in [0.15, 0.2) is 0 Å². The van der Waals surface area contributed by atoms with Crippen molar-refractivity contribution in [2.24, 2.45) is 5.14 Å². The highest BCUT2D eigenvalue weighted by molar-refractivity contribution is 7.89. The van der Waals surface area contributed by atoms with Gasteiger partial charge in [0.05, 0.1) is 11.3 Å². The summed E-state index contributed by atoms with van der Waals surface area (Å²) in [6.45, 7) is 0. The molecule has 0 aromatic heterocycles. The summed E-state index contributed by atoms with van der Waals surface area (Å²) in [5.41, 5.74) is -0.256. The molecule has 7 heteroatoms. The molecule has 3 nitrogen and oxygen atoms in total. The van der Waals surface area contributed by atoms with Crippen LogP contribution in [-0.2, 0) is 22.6 Å². The third-order valence-electron chi connectivity index (χ3n) is 1.96. The highest BCUT2D eigenvalue weighted by atomic mass is 32.2. The Morgan fingerprint density at radius 3 is 2.00 bits per heavy atom. The van der Waals surface area contributed by atoms with Crippen molar-refractivity contribution in [1.29, 1.82) is 0 Å². The maximum absolute atomic E-state index is 12.2. The molecule has 1 aromatic carbocycles. The van der Waals surface area contributed by atoms with E-state index in [-0.39, 0.29) is 12.2 Å². The fourth-order valence-corrected chi connectivity index (χ4v) is 1.64. The van der Waals surface area contributed by atoms with Gasteiger partial charge in [0, 0.05) is 0 Å². The summed E-state index contributed by atoms with van der Waals surface area (Å²) >= 11 is 0. The zero-order valence-electron chi connectivity index (χ0n) is 8.16. The lowest BCUT2D eigenvalue weighted by molar-refractivity contribution is -0.137. The van der Waals surface area contributed by atoms with Crippen LogP contribution in [0.3, 0.4) is 0 Å². The van der Waals surface area contributed by atoms with E-state index in [1.54, 1.807) is 0 Å². The standard InChI is InChI=1S/C9H10F3NO2S/c10-9(11,12)8-3-1-7(2-4-8)5-6-16(13,14)15/h1-4H,5-6H2,(H2,13,14,15). The van der Waals surface area contributed by atoms with Gasteiger partial charge in [0.1, 0.15) is 0 Å². The van der Waals surface area contributed by atoms with E-state index in [9.17, 15) is 21.6 Å². The van der Waals surface area contributed by atoms with E-state index >= 15 is 0 Å². The Hall–Kier alpha value is -1.08. The predicted octanol–water partition coefficient (Wildman–Crippen LogP) is 1.54. The monoisotopic (exact) mass is 253 g/mol. The normalized spacial score (nSPS) is 12.8. The number of hydrogen-bond acceptors (Lipinski definition) is 2. The van der Waals surface area contributed by atoms with Gasteiger partial charge in [-0.2, -0.15) is 13.2 Å². The smallest absolute Gasteiger partial charge is 0.229 e. The average molecular weight is 253 g/mol. The molecule has 1 aromatic rings. The summed E-state index contributed by atoms with van der Waals surface area (Å²) in [4.78, 5) is 0. The molecule has 90 valence electrons. The quantitative estimate of drug-likeness (QED) is 0.888. The second-order valence-corrected chi connectivity index (χ2v) is 5.05. The number of primary sulfonamides is 1. The largest absolute Gasteiger partial charge is 0.416 e. The van der Waals surface area contributed by atoms with Crippen molar-refractivity contribution >= 4 is 10.0 Å². The molecule has 0 unspecified atom stereocenters. The molecule has 16 heavy (non-hydrogen) atoms. The van der Waals surface area contributed by atoms with Crippen molar-refractivity contribution in [3.63, 3.8) is 0 Å². The molecule has 0 saturated carbocycles. The average Bonchev–Trinajstić information content (AvgIpc) is 2.13. The minimum atomic E-state index is -4.38. The Bertz CT molecular complexity index is 451. The maximum Gasteiger partial charge on any atom is 0.416 e. The SMILES string of the molecule is NS(=O)(=O)CCc1ccc(C(F)(F)F)cc1. The van der Waals surface area contributed by atoms with Crippen molar-refractivity contribution in [3.8, 4) is 0 Å². The maximum atomic E-state index is 12.2. The molecule has 0 aliphatic rings. The van der Waals surface area contributed by atoms with Gasteiger partial charge in [-0.05, 0) is 24.1 Å². The van der Waals surface area contributed by atoms with E-state index in [1.807, 2.05) is 0 Å². The second kappa shape index (κ2) is 4.42. The number of halogens is 3. The highest BCUT2D eigenvalue weighted by Gasteiger charge is 2.29. The highest BCUT2D eigenvalue weighted by Crippen LogP contribution is 2.29. The topological polar surface area (TPSA) is 60.2 Å². The molecular weight excluding hydrogens is 243 g/mol. The lowest BCUT2D eigenvalue weighted by Gasteiger charge is -2.07. The molecule has 0 saturated heterocycles. The van der Waals surface area contributed by atoms with E-state index in [0.717, 1.165) is 12.1 Å². The van der Waals surface area contributed by atoms with Crippen LogP contribution in [0.15, 0.2) is 24.3 Å². The van der Waals surface area contributed by atoms with Crippen LogP contribution in [0.2, 0.25) is 0 Å². The Morgan fingerprint density at radius 1 is 1.12 bits per heavy atom. The summed E-state index contributed by atoms with van der Waals surface area (Å²) in [6.07, 6.45) is -4.27. The molecule has 1 rings (SSSR count). The molecule has 0 aliphatic heterocycles. The predicted molar refractivity (Wildman–Crippen MR) is 53.1 cm³/mol. The van der Waals surface area contributed by atoms with Crippen LogP contribution in [0.25, 0.3) is 0 Å². The number of sulfonamides is 1. The molecule has 0 amide bonds. The number of nitrogens with two attached hydrogens (primary N) is 1. The van der Waals surface area contributed by atoms with Crippen molar-refractivity contribution in [2.75, 3.05) is 5.75 Å². The number of aryl methyl sites for hydroxylation is 1. The summed E-state index contributed by atoms with van der Waals surface area (Å²) in [6, 6.07) is 4.32. The lowest BCUT2D eigenvalue weighted by Crippen LogP contribution is -2.18. The number of rotatable bonds is 3. The summed E-state index contributed by atoms with van der Waals surface area (Å²) in [5, 5.41) is 4.77. The van der Waals surface area contributed by atoms with E-state index in [1.165, 1.54) is 12.1 Å². The minimum absolute atomic E-state index is 0.108. The Labute approximate surface area is 91.1 Å². The third-order valence-corrected chi connectivity index (χ3v) is 2.73. The molecule has 0 bridgehead atoms. The Balaban J connectivity index is 2.73. The lowest BCUT2D eigenvalue weighted by atomic mass is 10.1. The van der Waals surface area contributed by atoms with E-state index in [4.69, 9.17) is 5.14 Å². The number of hydrogen-bond donors (Lipinski definition) is 1. The third kappa shape index (κ3) is 4.19. The van der Waals surface area contributed by atoms with Crippen LogP contribution in [-0.4, -0.2) is 14.2 Å². The fraction of sp³-hybridized carbons (Fsp3) is 0.333. The molecule has 0 fully saturated rings.